The lowest BCUT2D eigenvalue weighted by atomic mass is 9.86. The van der Waals surface area contributed by atoms with Crippen molar-refractivity contribution in [1.82, 2.24) is 0 Å². The lowest BCUT2D eigenvalue weighted by Gasteiger charge is -2.18. The highest BCUT2D eigenvalue weighted by atomic mass is 35.5. The first-order valence-electron chi connectivity index (χ1n) is 42.7. The van der Waals surface area contributed by atoms with E-state index >= 15 is 0 Å². The first-order valence-corrected chi connectivity index (χ1v) is 46.2. The number of nitriles is 1. The second kappa shape index (κ2) is 43.9. The van der Waals surface area contributed by atoms with E-state index in [-0.39, 0.29) is 0 Å². The average molecular weight is 1850 g/mol. The minimum absolute atomic E-state index is 0.680. The van der Waals surface area contributed by atoms with Crippen LogP contribution in [0.3, 0.4) is 0 Å². The van der Waals surface area contributed by atoms with Gasteiger partial charge in [0.1, 0.15) is 20.5 Å². The summed E-state index contributed by atoms with van der Waals surface area (Å²) in [5.74, 6) is -3.05. The number of methoxy groups -OCH3 is 1. The molecule has 0 atom stereocenters. The van der Waals surface area contributed by atoms with Crippen LogP contribution in [0.25, 0.3) is 90.6 Å². The maximum atomic E-state index is 10.9. The molecule has 0 aliphatic heterocycles. The zero-order valence-electron chi connectivity index (χ0n) is 73.0. The fourth-order valence-corrected chi connectivity index (χ4v) is 20.7. The highest BCUT2D eigenvalue weighted by Crippen LogP contribution is 2.52. The Labute approximate surface area is 792 Å². The minimum Gasteiger partial charge on any atom is -0.497 e. The van der Waals surface area contributed by atoms with Gasteiger partial charge in [-0.2, -0.15) is 5.26 Å². The fraction of sp³-hybridized carbons (Fsp3) is 0.142. The lowest BCUT2D eigenvalue weighted by Crippen LogP contribution is -1.98. The van der Waals surface area contributed by atoms with Gasteiger partial charge in [-0.1, -0.05) is 310 Å². The zero-order valence-corrected chi connectivity index (χ0v) is 78.4. The Kier molecular flexibility index (Phi) is 32.0. The Hall–Kier alpha value is -12.9. The number of carboxylic acids is 4. The van der Waals surface area contributed by atoms with Crippen LogP contribution in [0.15, 0.2) is 295 Å². The van der Waals surface area contributed by atoms with Crippen LogP contribution in [0.4, 0.5) is 0 Å². The summed E-state index contributed by atoms with van der Waals surface area (Å²) in [5, 5.41) is 48.1. The van der Waals surface area contributed by atoms with Crippen molar-refractivity contribution in [3.8, 4) is 11.8 Å². The van der Waals surface area contributed by atoms with Crippen molar-refractivity contribution in [3.63, 3.8) is 0 Å². The summed E-state index contributed by atoms with van der Waals surface area (Å²) in [6.45, 7) is 14.7. The molecule has 2 aromatic heterocycles. The Morgan fingerprint density at radius 2 is 0.731 bits per heavy atom. The maximum Gasteiger partial charge on any atom is 0.328 e. The van der Waals surface area contributed by atoms with E-state index < -0.39 is 23.9 Å². The topological polar surface area (TPSA) is 182 Å². The van der Waals surface area contributed by atoms with Crippen LogP contribution in [0, 0.1) is 32.1 Å². The summed E-state index contributed by atoms with van der Waals surface area (Å²) in [6.07, 6.45) is 19.5. The Bertz CT molecular complexity index is 6810. The molecule has 12 aromatic rings. The first kappa shape index (κ1) is 94.7. The van der Waals surface area contributed by atoms with E-state index in [1.54, 1.807) is 54.1 Å². The minimum atomic E-state index is -0.983. The average Bonchev–Trinajstić information content (AvgIpc) is 1.62. The standard InChI is InChI=1S/C29H25ClO3.C29H25ClO2.C28H22ClNO2S.C27H22Cl2O2S/c1-3-24(20-13-15-23(33-2)16-14-20)28(21-11-8-19(9-12-21)10-17-27(31)32)26-18-22-6-4-5-7-25(22)29(26)30;1-3-25(26-14-8-19(2)16-27(26)30)29(24-17-22-6-4-5-7-23(22)18-24)21-12-9-20(10-13-21)11-15-28(31)32;1-3-21(24-14-17(2)33-28(24)29)27(19-11-8-18(9-12-19)10-13-26(31)32)23-15-20-6-4-5-7-22(20)25(23)16-30;1-3-20(22-14-16(2)32-27(22)29)25(18-11-8-17(9-12-18)10-13-24(30)31)23-15-19-6-4-5-7-21(19)26(23)28/h4-17H,3,18H2,1-2H3,(H,31,32);4-17H,3,18H2,1-2H3,(H,31,32);4-14H,3,15H2,1-2H3,(H,31,32);4-14H,3,15H2,1-2H3,(H,30,31)/b17-10+,28-24+;15-11+,29-25+;13-10+,27-21+;13-10+,25-20+. The molecule has 4 aliphatic carbocycles. The summed E-state index contributed by atoms with van der Waals surface area (Å²) in [6, 6.07) is 85.8. The number of allylic oxidation sites excluding steroid dienone is 13. The summed E-state index contributed by atoms with van der Waals surface area (Å²) in [7, 11) is 1.66. The molecule has 0 bridgehead atoms. The van der Waals surface area contributed by atoms with Crippen molar-refractivity contribution < 1.29 is 44.3 Å². The number of ether oxygens (including phenoxy) is 1. The van der Waals surface area contributed by atoms with Gasteiger partial charge in [0.25, 0.3) is 0 Å². The summed E-state index contributed by atoms with van der Waals surface area (Å²) in [4.78, 5) is 45.8. The molecule has 0 fully saturated rings. The molecule has 652 valence electrons. The SMILES string of the molecule is CC/C(=C(\C1=C(C#N)c2ccccc2C1)c1ccc(/C=C/C(=O)O)cc1)c1cc(C)sc1Cl.CC/C(=C(\C1=C(Cl)c2ccccc2C1)c1ccc(/C=C/C(=O)O)cc1)c1cc(C)sc1Cl.CC/C(=C(\C1=C(Cl)c2ccccc2C1)c1ccc(/C=C/C(=O)O)cc1)c1ccc(OC)cc1.CC/C(=C(\C1=Cc2ccccc2C1)c1ccc(/C=C/C(=O)O)cc1)c1ccc(C)cc1Cl. The van der Waals surface area contributed by atoms with Crippen LogP contribution >= 0.6 is 80.7 Å². The molecule has 4 N–H and O–H groups in total. The summed E-state index contributed by atoms with van der Waals surface area (Å²) >= 11 is 37.0. The Morgan fingerprint density at radius 1 is 0.385 bits per heavy atom. The number of aliphatic carboxylic acids is 4. The molecule has 10 nitrogen and oxygen atoms in total. The van der Waals surface area contributed by atoms with Crippen molar-refractivity contribution in [2.45, 2.75) is 99.8 Å². The molecule has 10 aromatic carbocycles. The van der Waals surface area contributed by atoms with Gasteiger partial charge in [0.2, 0.25) is 0 Å². The van der Waals surface area contributed by atoms with Gasteiger partial charge in [-0.05, 0) is 280 Å². The predicted octanol–water partition coefficient (Wildman–Crippen LogP) is 31.0. The number of hydrogen-bond donors (Lipinski definition) is 4. The smallest absolute Gasteiger partial charge is 0.328 e. The number of halogens is 5. The van der Waals surface area contributed by atoms with Gasteiger partial charge in [-0.3, -0.25) is 0 Å². The van der Waals surface area contributed by atoms with Crippen LogP contribution in [0.5, 0.6) is 5.75 Å². The second-order valence-electron chi connectivity index (χ2n) is 31.4. The van der Waals surface area contributed by atoms with E-state index in [1.807, 2.05) is 159 Å². The molecule has 0 amide bonds. The molecular weight excluding hydrogens is 1760 g/mol. The number of nitrogens with zero attached hydrogens (tertiary/aromatic N) is 1. The van der Waals surface area contributed by atoms with Crippen molar-refractivity contribution >= 4 is 195 Å². The molecule has 2 heterocycles. The van der Waals surface area contributed by atoms with Crippen LogP contribution in [-0.2, 0) is 44.9 Å². The van der Waals surface area contributed by atoms with Crippen molar-refractivity contribution in [2.75, 3.05) is 7.11 Å². The number of fused-ring (bicyclic) bond motifs is 4. The molecule has 0 spiro atoms. The van der Waals surface area contributed by atoms with Gasteiger partial charge >= 0.3 is 23.9 Å². The summed E-state index contributed by atoms with van der Waals surface area (Å²) < 4.78 is 6.88. The van der Waals surface area contributed by atoms with E-state index in [0.717, 1.165) is 243 Å². The Balaban J connectivity index is 0.000000148. The number of benzene rings is 10. The van der Waals surface area contributed by atoms with Gasteiger partial charge in [0.05, 0.1) is 22.7 Å². The van der Waals surface area contributed by atoms with E-state index in [0.29, 0.717) is 12.0 Å². The number of carboxylic acid groups (broad SMARTS) is 4. The van der Waals surface area contributed by atoms with E-state index in [2.05, 4.69) is 150 Å². The van der Waals surface area contributed by atoms with Gasteiger partial charge in [0, 0.05) is 69.5 Å². The molecular formula is C113H94Cl5NO9S2. The van der Waals surface area contributed by atoms with Gasteiger partial charge in [0.15, 0.2) is 0 Å². The predicted molar refractivity (Wildman–Crippen MR) is 545 cm³/mol. The third kappa shape index (κ3) is 22.5. The Morgan fingerprint density at radius 3 is 1.09 bits per heavy atom. The number of aryl methyl sites for hydroxylation is 3. The van der Waals surface area contributed by atoms with Gasteiger partial charge in [-0.15, -0.1) is 22.7 Å². The number of carbonyl (C=O) groups is 4. The quantitative estimate of drug-likeness (QED) is 0.0317. The second-order valence-corrected chi connectivity index (χ2v) is 36.3. The van der Waals surface area contributed by atoms with Gasteiger partial charge in [-0.25, -0.2) is 19.2 Å². The van der Waals surface area contributed by atoms with Crippen LogP contribution < -0.4 is 4.74 Å². The normalized spacial score (nSPS) is 13.8. The monoisotopic (exact) mass is 1850 g/mol. The van der Waals surface area contributed by atoms with Crippen molar-refractivity contribution in [1.29, 1.82) is 5.26 Å². The van der Waals surface area contributed by atoms with Crippen molar-refractivity contribution in [3.05, 3.63) is 436 Å². The van der Waals surface area contributed by atoms with E-state index in [4.69, 9.17) is 83.2 Å². The third-order valence-electron chi connectivity index (χ3n) is 23.1. The molecule has 4 aliphatic rings. The molecule has 0 radical (unpaired) electrons. The summed E-state index contributed by atoms with van der Waals surface area (Å²) in [5.41, 5.74) is 36.5. The largest absolute Gasteiger partial charge is 0.497 e. The molecule has 16 rings (SSSR count). The van der Waals surface area contributed by atoms with Crippen LogP contribution in [0.1, 0.15) is 180 Å². The number of rotatable bonds is 25. The van der Waals surface area contributed by atoms with Gasteiger partial charge < -0.3 is 25.2 Å². The molecule has 0 saturated carbocycles. The molecule has 0 saturated heterocycles. The fourth-order valence-electron chi connectivity index (χ4n) is 17.1. The van der Waals surface area contributed by atoms with Crippen molar-refractivity contribution in [2.24, 2.45) is 0 Å². The zero-order chi connectivity index (χ0) is 92.4. The van der Waals surface area contributed by atoms with Crippen LogP contribution in [0.2, 0.25) is 13.7 Å². The highest BCUT2D eigenvalue weighted by molar-refractivity contribution is 7.16. The maximum absolute atomic E-state index is 10.9. The van der Waals surface area contributed by atoms with Crippen LogP contribution in [-0.4, -0.2) is 51.4 Å². The number of thiophene rings is 2. The first-order chi connectivity index (χ1) is 62.8. The van der Waals surface area contributed by atoms with E-state index in [9.17, 15) is 24.4 Å². The highest BCUT2D eigenvalue weighted by Gasteiger charge is 2.32. The third-order valence-corrected chi connectivity index (χ3v) is 26.8. The van der Waals surface area contributed by atoms with E-state index in [1.165, 1.54) is 49.4 Å². The molecule has 0 unspecified atom stereocenters. The molecule has 17 heteroatoms. The molecule has 130 heavy (non-hydrogen) atoms. The number of hydrogen-bond acceptors (Lipinski definition) is 8. The lowest BCUT2D eigenvalue weighted by molar-refractivity contribution is -0.132.